The molecule has 2 aliphatic rings. The van der Waals surface area contributed by atoms with Crippen LogP contribution in [0.3, 0.4) is 0 Å². The first-order valence-corrected chi connectivity index (χ1v) is 9.97. The van der Waals surface area contributed by atoms with Gasteiger partial charge in [0, 0.05) is 23.5 Å². The fraction of sp³-hybridized carbons (Fsp3) is 0.389. The highest BCUT2D eigenvalue weighted by Crippen LogP contribution is 2.45. The van der Waals surface area contributed by atoms with Crippen molar-refractivity contribution < 1.29 is 0 Å². The Labute approximate surface area is 143 Å². The van der Waals surface area contributed by atoms with Gasteiger partial charge in [0.1, 0.15) is 5.01 Å². The van der Waals surface area contributed by atoms with Gasteiger partial charge in [0.25, 0.3) is 0 Å². The van der Waals surface area contributed by atoms with Gasteiger partial charge in [0.05, 0.1) is 15.2 Å². The molecule has 0 radical (unpaired) electrons. The third-order valence-corrected chi connectivity index (χ3v) is 6.93. The molecule has 5 heteroatoms. The summed E-state index contributed by atoms with van der Waals surface area (Å²) in [6, 6.07) is 8.47. The van der Waals surface area contributed by atoms with Gasteiger partial charge in [-0.15, -0.1) is 22.7 Å². The van der Waals surface area contributed by atoms with Gasteiger partial charge in [0.2, 0.25) is 0 Å². The summed E-state index contributed by atoms with van der Waals surface area (Å²) in [5.41, 5.74) is 4.02. The number of anilines is 1. The second-order valence-corrected chi connectivity index (χ2v) is 8.58. The summed E-state index contributed by atoms with van der Waals surface area (Å²) in [6.45, 7) is 3.19. The van der Waals surface area contributed by atoms with Crippen molar-refractivity contribution in [3.05, 3.63) is 34.7 Å². The molecule has 0 unspecified atom stereocenters. The van der Waals surface area contributed by atoms with Gasteiger partial charge in [-0.25, -0.2) is 4.98 Å². The number of fused-ring (bicyclic) bond motifs is 2. The van der Waals surface area contributed by atoms with Crippen molar-refractivity contribution in [3.8, 4) is 10.6 Å². The lowest BCUT2D eigenvalue weighted by molar-refractivity contribution is 0.655. The number of thiazole rings is 1. The summed E-state index contributed by atoms with van der Waals surface area (Å²) in [5.74, 6) is 0.885. The number of aromatic nitrogens is 1. The van der Waals surface area contributed by atoms with E-state index >= 15 is 0 Å². The molecule has 2 N–H and O–H groups in total. The molecule has 3 nitrogen and oxygen atoms in total. The van der Waals surface area contributed by atoms with E-state index < -0.39 is 0 Å². The highest BCUT2D eigenvalue weighted by atomic mass is 32.1. The Kier molecular flexibility index (Phi) is 3.39. The van der Waals surface area contributed by atoms with E-state index in [1.165, 1.54) is 43.6 Å². The molecular formula is C18H19N3S2. The van der Waals surface area contributed by atoms with E-state index in [4.69, 9.17) is 4.98 Å². The maximum atomic E-state index is 4.93. The van der Waals surface area contributed by atoms with E-state index in [2.05, 4.69) is 34.9 Å². The van der Waals surface area contributed by atoms with Crippen LogP contribution in [0, 0.1) is 5.92 Å². The van der Waals surface area contributed by atoms with Crippen molar-refractivity contribution in [2.75, 3.05) is 18.4 Å². The topological polar surface area (TPSA) is 37.0 Å². The van der Waals surface area contributed by atoms with Crippen molar-refractivity contribution in [2.45, 2.75) is 25.8 Å². The summed E-state index contributed by atoms with van der Waals surface area (Å²) < 4.78 is 1.28. The first-order chi connectivity index (χ1) is 11.4. The number of hydrogen-bond acceptors (Lipinski definition) is 5. The van der Waals surface area contributed by atoms with Gasteiger partial charge in [-0.1, -0.05) is 12.1 Å². The summed E-state index contributed by atoms with van der Waals surface area (Å²) >= 11 is 3.76. The number of para-hydroxylation sites is 1. The van der Waals surface area contributed by atoms with E-state index in [1.807, 2.05) is 22.7 Å². The zero-order valence-corrected chi connectivity index (χ0v) is 14.5. The molecule has 0 saturated heterocycles. The molecule has 0 atom stereocenters. The molecule has 0 spiro atoms. The molecular weight excluding hydrogens is 322 g/mol. The van der Waals surface area contributed by atoms with Gasteiger partial charge < -0.3 is 10.6 Å². The number of nitrogens with zero attached hydrogens (tertiary/aromatic N) is 1. The highest BCUT2D eigenvalue weighted by molar-refractivity contribution is 7.22. The molecule has 118 valence electrons. The molecule has 3 aromatic rings. The lowest BCUT2D eigenvalue weighted by atomic mass is 10.0. The molecule has 0 amide bonds. The van der Waals surface area contributed by atoms with Crippen LogP contribution in [0.15, 0.2) is 24.3 Å². The summed E-state index contributed by atoms with van der Waals surface area (Å²) in [5, 5.41) is 9.76. The molecule has 3 heterocycles. The quantitative estimate of drug-likeness (QED) is 0.734. The van der Waals surface area contributed by atoms with E-state index in [9.17, 15) is 0 Å². The predicted octanol–water partition coefficient (Wildman–Crippen LogP) is 4.49. The maximum Gasteiger partial charge on any atom is 0.127 e. The number of thiophene rings is 1. The van der Waals surface area contributed by atoms with Crippen molar-refractivity contribution in [2.24, 2.45) is 5.92 Å². The van der Waals surface area contributed by atoms with E-state index in [-0.39, 0.29) is 0 Å². The molecule has 0 bridgehead atoms. The van der Waals surface area contributed by atoms with Crippen LogP contribution >= 0.6 is 22.7 Å². The van der Waals surface area contributed by atoms with Crippen molar-refractivity contribution in [3.63, 3.8) is 0 Å². The molecule has 1 aromatic carbocycles. The Morgan fingerprint density at radius 1 is 1.22 bits per heavy atom. The zero-order valence-electron chi connectivity index (χ0n) is 12.9. The summed E-state index contributed by atoms with van der Waals surface area (Å²) in [4.78, 5) is 6.42. The minimum atomic E-state index is 0.885. The average Bonchev–Trinajstić information content (AvgIpc) is 3.19. The molecule has 1 saturated carbocycles. The summed E-state index contributed by atoms with van der Waals surface area (Å²) in [7, 11) is 0. The number of hydrogen-bond donors (Lipinski definition) is 2. The molecule has 2 aromatic heterocycles. The standard InChI is InChI=1S/C18H19N3S2/c1-2-4-14-13(3-1)21-18(22-14)16-12-7-8-19-10-15(12)23-17(16)20-9-11-5-6-11/h1-4,11,19-20H,5-10H2. The van der Waals surface area contributed by atoms with Gasteiger partial charge in [-0.3, -0.25) is 0 Å². The van der Waals surface area contributed by atoms with Crippen LogP contribution in [0.25, 0.3) is 20.8 Å². The predicted molar refractivity (Wildman–Crippen MR) is 99.6 cm³/mol. The molecule has 1 fully saturated rings. The van der Waals surface area contributed by atoms with Crippen LogP contribution in [0.1, 0.15) is 23.3 Å². The smallest absolute Gasteiger partial charge is 0.127 e. The van der Waals surface area contributed by atoms with E-state index in [1.54, 1.807) is 0 Å². The third kappa shape index (κ3) is 2.57. The van der Waals surface area contributed by atoms with Crippen molar-refractivity contribution in [1.29, 1.82) is 0 Å². The Balaban J connectivity index is 1.61. The fourth-order valence-electron chi connectivity index (χ4n) is 3.22. The SMILES string of the molecule is c1ccc2sc(-c3c(NCC4CC4)sc4c3CCNC4)nc2c1. The Hall–Kier alpha value is -1.43. The van der Waals surface area contributed by atoms with Crippen molar-refractivity contribution in [1.82, 2.24) is 10.3 Å². The molecule has 1 aliphatic heterocycles. The lowest BCUT2D eigenvalue weighted by Crippen LogP contribution is -2.22. The normalized spacial score (nSPS) is 17.4. The lowest BCUT2D eigenvalue weighted by Gasteiger charge is -2.13. The number of rotatable bonds is 4. The molecule has 5 rings (SSSR count). The first-order valence-electron chi connectivity index (χ1n) is 8.33. The van der Waals surface area contributed by atoms with Crippen molar-refractivity contribution >= 4 is 37.9 Å². The van der Waals surface area contributed by atoms with Crippen LogP contribution in [0.2, 0.25) is 0 Å². The van der Waals surface area contributed by atoms with Gasteiger partial charge >= 0.3 is 0 Å². The Bertz CT molecular complexity index is 827. The fourth-order valence-corrected chi connectivity index (χ4v) is 5.56. The first kappa shape index (κ1) is 14.0. The number of benzene rings is 1. The van der Waals surface area contributed by atoms with Crippen LogP contribution in [-0.4, -0.2) is 18.1 Å². The van der Waals surface area contributed by atoms with Crippen LogP contribution < -0.4 is 10.6 Å². The number of nitrogens with one attached hydrogen (secondary N) is 2. The van der Waals surface area contributed by atoms with E-state index in [0.717, 1.165) is 37.5 Å². The van der Waals surface area contributed by atoms with Crippen LogP contribution in [0.4, 0.5) is 5.00 Å². The largest absolute Gasteiger partial charge is 0.376 e. The Morgan fingerprint density at radius 2 is 2.13 bits per heavy atom. The zero-order chi connectivity index (χ0) is 15.2. The van der Waals surface area contributed by atoms with Crippen LogP contribution in [0.5, 0.6) is 0 Å². The second-order valence-electron chi connectivity index (χ2n) is 6.45. The summed E-state index contributed by atoms with van der Waals surface area (Å²) in [6.07, 6.45) is 3.88. The molecule has 23 heavy (non-hydrogen) atoms. The minimum Gasteiger partial charge on any atom is -0.376 e. The van der Waals surface area contributed by atoms with Gasteiger partial charge in [0.15, 0.2) is 0 Å². The molecule has 1 aliphatic carbocycles. The van der Waals surface area contributed by atoms with Crippen LogP contribution in [-0.2, 0) is 13.0 Å². The van der Waals surface area contributed by atoms with E-state index in [0.29, 0.717) is 0 Å². The average molecular weight is 342 g/mol. The van der Waals surface area contributed by atoms with Gasteiger partial charge in [-0.2, -0.15) is 0 Å². The third-order valence-electron chi connectivity index (χ3n) is 4.68. The second kappa shape index (κ2) is 5.58. The maximum absolute atomic E-state index is 4.93. The Morgan fingerprint density at radius 3 is 3.00 bits per heavy atom. The highest BCUT2D eigenvalue weighted by Gasteiger charge is 2.26. The monoisotopic (exact) mass is 341 g/mol. The minimum absolute atomic E-state index is 0.885. The van der Waals surface area contributed by atoms with Gasteiger partial charge in [-0.05, 0) is 49.4 Å².